The first-order valence-corrected chi connectivity index (χ1v) is 11.2. The summed E-state index contributed by atoms with van der Waals surface area (Å²) in [6, 6.07) is 0. The molecule has 0 atom stereocenters. The van der Waals surface area contributed by atoms with Gasteiger partial charge in [0, 0.05) is 29.4 Å². The van der Waals surface area contributed by atoms with Crippen molar-refractivity contribution in [2.75, 3.05) is 0 Å². The molecule has 0 nitrogen and oxygen atoms in total. The van der Waals surface area contributed by atoms with Gasteiger partial charge in [0.05, 0.1) is 0 Å². The molecule has 21 heavy (non-hydrogen) atoms. The molecule has 120 valence electrons. The van der Waals surface area contributed by atoms with Gasteiger partial charge in [0.25, 0.3) is 0 Å². The van der Waals surface area contributed by atoms with E-state index in [4.69, 9.17) is 0 Å². The summed E-state index contributed by atoms with van der Waals surface area (Å²) in [6.07, 6.45) is 0. The minimum atomic E-state index is -0.120. The van der Waals surface area contributed by atoms with E-state index in [1.807, 2.05) is 0 Å². The molecular weight excluding hydrogens is 309 g/mol. The average Bonchev–Trinajstić information content (AvgIpc) is 2.23. The first-order valence-electron chi connectivity index (χ1n) is 8.00. The van der Waals surface area contributed by atoms with Crippen molar-refractivity contribution < 1.29 is 0 Å². The second-order valence-electron chi connectivity index (χ2n) is 9.41. The van der Waals surface area contributed by atoms with E-state index in [-0.39, 0.29) is 7.53 Å². The van der Waals surface area contributed by atoms with Crippen LogP contribution >= 0.6 is 23.9 Å². The molecule has 0 aliphatic carbocycles. The van der Waals surface area contributed by atoms with Crippen LogP contribution in [0.5, 0.6) is 0 Å². The Hall–Kier alpha value is 0.510. The van der Waals surface area contributed by atoms with E-state index in [0.29, 0.717) is 16.2 Å². The summed E-state index contributed by atoms with van der Waals surface area (Å²) in [4.78, 5) is 0. The van der Waals surface area contributed by atoms with Crippen LogP contribution in [0, 0.1) is 0 Å². The highest BCUT2D eigenvalue weighted by Crippen LogP contribution is 2.62. The van der Waals surface area contributed by atoms with E-state index in [2.05, 4.69) is 76.2 Å². The molecule has 0 aliphatic heterocycles. The smallest absolute Gasteiger partial charge is 0.0532 e. The molecule has 0 spiro atoms. The molecule has 0 unspecified atom stereocenters. The van der Waals surface area contributed by atoms with Crippen LogP contribution in [-0.2, 0) is 16.2 Å². The summed E-state index contributed by atoms with van der Waals surface area (Å²) in [5.74, 6) is 0. The molecule has 0 bridgehead atoms. The molecule has 1 rings (SSSR count). The maximum atomic E-state index is 2.43. The van der Waals surface area contributed by atoms with Crippen molar-refractivity contribution in [1.82, 2.24) is 0 Å². The van der Waals surface area contributed by atoms with Crippen LogP contribution in [0.15, 0.2) is 0 Å². The Morgan fingerprint density at radius 1 is 0.667 bits per heavy atom. The third-order valence-electron chi connectivity index (χ3n) is 3.41. The molecule has 0 radical (unpaired) electrons. The highest BCUT2D eigenvalue weighted by Gasteiger charge is 2.38. The SMILES string of the molecule is CC(C)[p+]1c(C(C)(C)C)pc(C(C)(C)C)pc1C(C)(C)C. The lowest BCUT2D eigenvalue weighted by atomic mass is 10.00. The molecule has 0 N–H and O–H groups in total. The van der Waals surface area contributed by atoms with E-state index in [1.54, 1.807) is 31.5 Å². The topological polar surface area (TPSA) is 0 Å². The molecule has 1 aromatic rings. The van der Waals surface area contributed by atoms with Gasteiger partial charge in [-0.1, -0.05) is 62.3 Å². The lowest BCUT2D eigenvalue weighted by molar-refractivity contribution is 0.598. The Labute approximate surface area is 137 Å². The molecule has 0 fully saturated rings. The fourth-order valence-electron chi connectivity index (χ4n) is 2.32. The minimum Gasteiger partial charge on any atom is -0.0532 e. The van der Waals surface area contributed by atoms with Crippen LogP contribution in [0.25, 0.3) is 0 Å². The van der Waals surface area contributed by atoms with Crippen molar-refractivity contribution in [2.24, 2.45) is 0 Å². The van der Waals surface area contributed by atoms with Gasteiger partial charge in [-0.2, -0.15) is 0 Å². The Morgan fingerprint density at radius 2 is 1.00 bits per heavy atom. The largest absolute Gasteiger partial charge is 0.140 e. The first kappa shape index (κ1) is 19.6. The maximum absolute atomic E-state index is 2.43. The first-order chi connectivity index (χ1) is 9.15. The molecule has 3 heteroatoms. The standard InChI is InChI=1S/C18H34P3/c1-12(2)21-14(17(6,7)8)19-13(16(3,4)5)20-15(21)18(9,10)11/h12H,1-11H3/q+1. The number of hydrogen-bond acceptors (Lipinski definition) is 0. The van der Waals surface area contributed by atoms with E-state index < -0.39 is 0 Å². The van der Waals surface area contributed by atoms with Gasteiger partial charge in [-0.25, -0.2) is 0 Å². The summed E-state index contributed by atoms with van der Waals surface area (Å²) in [5.41, 5.74) is 1.67. The lowest BCUT2D eigenvalue weighted by Crippen LogP contribution is -2.16. The van der Waals surface area contributed by atoms with Crippen LogP contribution < -0.4 is 0 Å². The molecule has 0 saturated heterocycles. The zero-order valence-electron chi connectivity index (χ0n) is 15.9. The molecule has 1 aromatic heterocycles. The molecule has 0 amide bonds. The third kappa shape index (κ3) is 4.74. The lowest BCUT2D eigenvalue weighted by Gasteiger charge is -2.27. The average molecular weight is 343 g/mol. The van der Waals surface area contributed by atoms with Crippen molar-refractivity contribution in [3.8, 4) is 0 Å². The molecular formula is C18H34P3+. The van der Waals surface area contributed by atoms with Gasteiger partial charge in [-0.15, -0.1) is 0 Å². The zero-order chi connectivity index (χ0) is 16.8. The summed E-state index contributed by atoms with van der Waals surface area (Å²) in [6.45, 7) is 26.5. The van der Waals surface area contributed by atoms with Crippen molar-refractivity contribution >= 4 is 23.9 Å². The van der Waals surface area contributed by atoms with Crippen molar-refractivity contribution in [3.05, 3.63) is 15.1 Å². The van der Waals surface area contributed by atoms with Crippen molar-refractivity contribution in [1.29, 1.82) is 0 Å². The van der Waals surface area contributed by atoms with Gasteiger partial charge in [-0.05, 0) is 13.8 Å². The van der Waals surface area contributed by atoms with Gasteiger partial charge in [0.2, 0.25) is 0 Å². The van der Waals surface area contributed by atoms with Crippen LogP contribution in [-0.4, -0.2) is 0 Å². The van der Waals surface area contributed by atoms with Gasteiger partial charge in [0.1, 0.15) is 31.5 Å². The monoisotopic (exact) mass is 343 g/mol. The van der Waals surface area contributed by atoms with Crippen LogP contribution in [0.2, 0.25) is 0 Å². The maximum Gasteiger partial charge on any atom is 0.140 e. The van der Waals surface area contributed by atoms with Crippen molar-refractivity contribution in [2.45, 2.75) is 98.1 Å². The van der Waals surface area contributed by atoms with E-state index in [0.717, 1.165) is 5.66 Å². The van der Waals surface area contributed by atoms with Crippen LogP contribution in [0.4, 0.5) is 0 Å². The van der Waals surface area contributed by atoms with Crippen molar-refractivity contribution in [3.63, 3.8) is 0 Å². The summed E-state index contributed by atoms with van der Waals surface area (Å²) < 4.78 is 0. The van der Waals surface area contributed by atoms with E-state index in [9.17, 15) is 0 Å². The Balaban J connectivity index is 3.85. The third-order valence-corrected chi connectivity index (χ3v) is 12.7. The quantitative estimate of drug-likeness (QED) is 0.479. The highest BCUT2D eigenvalue weighted by molar-refractivity contribution is 7.69. The summed E-state index contributed by atoms with van der Waals surface area (Å²) in [7, 11) is 2.96. The summed E-state index contributed by atoms with van der Waals surface area (Å²) in [5, 5.41) is 5.28. The Morgan fingerprint density at radius 3 is 1.19 bits per heavy atom. The normalized spacial score (nSPS) is 15.5. The molecule has 1 heterocycles. The van der Waals surface area contributed by atoms with Crippen LogP contribution in [0.1, 0.15) is 96.9 Å². The molecule has 0 saturated carbocycles. The second kappa shape index (κ2) is 6.19. The van der Waals surface area contributed by atoms with Gasteiger partial charge < -0.3 is 0 Å². The fraction of sp³-hybridized carbons (Fsp3) is 0.833. The number of hydrogen-bond donors (Lipinski definition) is 0. The van der Waals surface area contributed by atoms with Gasteiger partial charge in [0.15, 0.2) is 0 Å². The minimum absolute atomic E-state index is 0.120. The Kier molecular flexibility index (Phi) is 5.77. The van der Waals surface area contributed by atoms with Gasteiger partial charge >= 0.3 is 0 Å². The summed E-state index contributed by atoms with van der Waals surface area (Å²) >= 11 is 0. The van der Waals surface area contributed by atoms with Gasteiger partial charge in [-0.3, -0.25) is 0 Å². The Bertz CT molecular complexity index is 474. The number of rotatable bonds is 1. The predicted octanol–water partition coefficient (Wildman–Crippen LogP) is 8.59. The molecule has 0 aliphatic rings. The molecule has 0 aromatic carbocycles. The van der Waals surface area contributed by atoms with Crippen LogP contribution in [0.3, 0.4) is 0 Å². The highest BCUT2D eigenvalue weighted by atomic mass is 31.1. The zero-order valence-corrected chi connectivity index (χ0v) is 18.6. The van der Waals surface area contributed by atoms with E-state index >= 15 is 0 Å². The second-order valence-corrected chi connectivity index (χ2v) is 15.4. The fourth-order valence-corrected chi connectivity index (χ4v) is 11.6. The van der Waals surface area contributed by atoms with E-state index in [1.165, 1.54) is 0 Å². The predicted molar refractivity (Wildman–Crippen MR) is 105 cm³/mol.